The van der Waals surface area contributed by atoms with Crippen molar-refractivity contribution in [1.82, 2.24) is 10.3 Å². The molecule has 0 bridgehead atoms. The van der Waals surface area contributed by atoms with E-state index in [0.29, 0.717) is 22.3 Å². The molecule has 2 amide bonds. The molecule has 9 heteroatoms. The van der Waals surface area contributed by atoms with Crippen LogP contribution in [0.2, 0.25) is 5.02 Å². The number of rotatable bonds is 7. The van der Waals surface area contributed by atoms with Gasteiger partial charge >= 0.3 is 5.97 Å². The van der Waals surface area contributed by atoms with E-state index < -0.39 is 24.4 Å². The molecule has 3 aromatic rings. The first-order valence-electron chi connectivity index (χ1n) is 9.03. The number of H-pyrrole nitrogens is 1. The molecule has 3 rings (SSSR count). The highest BCUT2D eigenvalue weighted by molar-refractivity contribution is 6.38. The minimum Gasteiger partial charge on any atom is -0.495 e. The summed E-state index contributed by atoms with van der Waals surface area (Å²) in [6.45, 7) is 1.04. The number of carbonyl (C=O) groups excluding carboxylic acids is 3. The molecule has 0 atom stereocenters. The molecule has 30 heavy (non-hydrogen) atoms. The summed E-state index contributed by atoms with van der Waals surface area (Å²) in [6, 6.07) is 12.5. The largest absolute Gasteiger partial charge is 0.495 e. The normalized spacial score (nSPS) is 10.5. The number of amides is 2. The maximum atomic E-state index is 12.2. The van der Waals surface area contributed by atoms with E-state index in [9.17, 15) is 14.4 Å². The average Bonchev–Trinajstić information content (AvgIpc) is 3.07. The Morgan fingerprint density at radius 2 is 1.87 bits per heavy atom. The fraction of sp³-hybridized carbons (Fsp3) is 0.190. The van der Waals surface area contributed by atoms with Crippen LogP contribution in [0, 0.1) is 6.92 Å². The van der Waals surface area contributed by atoms with Crippen molar-refractivity contribution in [2.75, 3.05) is 25.6 Å². The fourth-order valence-corrected chi connectivity index (χ4v) is 3.08. The lowest BCUT2D eigenvalue weighted by Crippen LogP contribution is -2.35. The number of aromatic amines is 1. The second-order valence-corrected chi connectivity index (χ2v) is 6.84. The number of esters is 1. The molecule has 0 saturated carbocycles. The minimum atomic E-state index is -0.764. The van der Waals surface area contributed by atoms with Crippen LogP contribution in [0.5, 0.6) is 5.75 Å². The summed E-state index contributed by atoms with van der Waals surface area (Å²) in [5.74, 6) is -1.33. The Hall–Kier alpha value is -3.52. The Morgan fingerprint density at radius 1 is 1.10 bits per heavy atom. The molecule has 0 aliphatic heterocycles. The molecular weight excluding hydrogens is 410 g/mol. The number of ether oxygens (including phenoxy) is 2. The van der Waals surface area contributed by atoms with E-state index in [2.05, 4.69) is 15.6 Å². The molecule has 0 radical (unpaired) electrons. The number of aromatic nitrogens is 1. The van der Waals surface area contributed by atoms with Gasteiger partial charge in [-0.1, -0.05) is 35.9 Å². The van der Waals surface area contributed by atoms with Gasteiger partial charge in [-0.25, -0.2) is 4.79 Å². The standard InChI is InChI=1S/C21H20ClN3O5/c1-12-7-8-16(29-2)15(9-12)24-17(26)10-23-18(27)11-30-21(28)20-19(22)13-5-3-4-6-14(13)25-20/h3-9,25H,10-11H2,1-2H3,(H,23,27)(H,24,26). The van der Waals surface area contributed by atoms with Gasteiger partial charge < -0.3 is 25.1 Å². The third kappa shape index (κ3) is 4.90. The highest BCUT2D eigenvalue weighted by Gasteiger charge is 2.19. The van der Waals surface area contributed by atoms with Crippen molar-refractivity contribution >= 4 is 46.0 Å². The van der Waals surface area contributed by atoms with E-state index in [1.165, 1.54) is 7.11 Å². The number of benzene rings is 2. The predicted molar refractivity (Wildman–Crippen MR) is 113 cm³/mol. The van der Waals surface area contributed by atoms with Crippen LogP contribution < -0.4 is 15.4 Å². The van der Waals surface area contributed by atoms with Crippen molar-refractivity contribution < 1.29 is 23.9 Å². The molecule has 1 aromatic heterocycles. The second kappa shape index (κ2) is 9.32. The molecule has 2 aromatic carbocycles. The first-order chi connectivity index (χ1) is 14.4. The summed E-state index contributed by atoms with van der Waals surface area (Å²) in [7, 11) is 1.50. The van der Waals surface area contributed by atoms with E-state index in [1.807, 2.05) is 13.0 Å². The van der Waals surface area contributed by atoms with Crippen molar-refractivity contribution in [1.29, 1.82) is 0 Å². The lowest BCUT2D eigenvalue weighted by molar-refractivity contribution is -0.126. The Kier molecular flexibility index (Phi) is 6.58. The Bertz CT molecular complexity index is 1110. The van der Waals surface area contributed by atoms with Crippen LogP contribution in [0.15, 0.2) is 42.5 Å². The molecule has 0 unspecified atom stereocenters. The maximum Gasteiger partial charge on any atom is 0.356 e. The molecule has 0 spiro atoms. The summed E-state index contributed by atoms with van der Waals surface area (Å²) in [5, 5.41) is 5.96. The molecule has 0 fully saturated rings. The fourth-order valence-electron chi connectivity index (χ4n) is 2.80. The number of para-hydroxylation sites is 1. The molecule has 3 N–H and O–H groups in total. The van der Waals surface area contributed by atoms with Crippen LogP contribution in [-0.2, 0) is 14.3 Å². The third-order valence-electron chi connectivity index (χ3n) is 4.26. The number of anilines is 1. The minimum absolute atomic E-state index is 0.0648. The lowest BCUT2D eigenvalue weighted by atomic mass is 10.2. The van der Waals surface area contributed by atoms with E-state index in [1.54, 1.807) is 36.4 Å². The van der Waals surface area contributed by atoms with Gasteiger partial charge in [-0.2, -0.15) is 0 Å². The Labute approximate surface area is 177 Å². The Balaban J connectivity index is 1.50. The van der Waals surface area contributed by atoms with E-state index >= 15 is 0 Å². The zero-order chi connectivity index (χ0) is 21.7. The molecule has 8 nitrogen and oxygen atoms in total. The number of nitrogens with one attached hydrogen (secondary N) is 3. The number of methoxy groups -OCH3 is 1. The van der Waals surface area contributed by atoms with Crippen molar-refractivity contribution in [3.63, 3.8) is 0 Å². The van der Waals surface area contributed by atoms with Gasteiger partial charge in [0.05, 0.1) is 24.4 Å². The predicted octanol–water partition coefficient (Wildman–Crippen LogP) is 3.05. The van der Waals surface area contributed by atoms with Crippen LogP contribution in [0.3, 0.4) is 0 Å². The number of halogens is 1. The van der Waals surface area contributed by atoms with E-state index in [4.69, 9.17) is 21.1 Å². The van der Waals surface area contributed by atoms with Crippen molar-refractivity contribution in [2.45, 2.75) is 6.92 Å². The smallest absolute Gasteiger partial charge is 0.356 e. The van der Waals surface area contributed by atoms with Crippen LogP contribution in [0.4, 0.5) is 5.69 Å². The summed E-state index contributed by atoms with van der Waals surface area (Å²) in [4.78, 5) is 39.1. The van der Waals surface area contributed by atoms with Gasteiger partial charge in [-0.3, -0.25) is 9.59 Å². The number of hydrogen-bond acceptors (Lipinski definition) is 5. The maximum absolute atomic E-state index is 12.2. The van der Waals surface area contributed by atoms with E-state index in [0.717, 1.165) is 5.56 Å². The quantitative estimate of drug-likeness (QED) is 0.500. The zero-order valence-electron chi connectivity index (χ0n) is 16.4. The first-order valence-corrected chi connectivity index (χ1v) is 9.41. The highest BCUT2D eigenvalue weighted by atomic mass is 35.5. The van der Waals surface area contributed by atoms with Gasteiger partial charge in [0.25, 0.3) is 5.91 Å². The third-order valence-corrected chi connectivity index (χ3v) is 4.65. The van der Waals surface area contributed by atoms with Crippen molar-refractivity contribution in [3.8, 4) is 5.75 Å². The van der Waals surface area contributed by atoms with Gasteiger partial charge in [0.1, 0.15) is 11.4 Å². The van der Waals surface area contributed by atoms with Crippen LogP contribution in [0.25, 0.3) is 10.9 Å². The number of carbonyl (C=O) groups is 3. The van der Waals surface area contributed by atoms with Gasteiger partial charge in [-0.05, 0) is 30.7 Å². The molecule has 0 saturated heterocycles. The molecule has 0 aliphatic rings. The summed E-state index contributed by atoms with van der Waals surface area (Å²) in [6.07, 6.45) is 0. The van der Waals surface area contributed by atoms with Crippen LogP contribution in [0.1, 0.15) is 16.1 Å². The van der Waals surface area contributed by atoms with Gasteiger partial charge in [0, 0.05) is 10.9 Å². The topological polar surface area (TPSA) is 110 Å². The molecule has 156 valence electrons. The molecule has 0 aliphatic carbocycles. The van der Waals surface area contributed by atoms with Crippen molar-refractivity contribution in [3.05, 3.63) is 58.7 Å². The highest BCUT2D eigenvalue weighted by Crippen LogP contribution is 2.27. The van der Waals surface area contributed by atoms with Gasteiger partial charge in [0.15, 0.2) is 6.61 Å². The number of hydrogen-bond donors (Lipinski definition) is 3. The SMILES string of the molecule is COc1ccc(C)cc1NC(=O)CNC(=O)COC(=O)c1[nH]c2ccccc2c1Cl. The van der Waals surface area contributed by atoms with Crippen LogP contribution in [-0.4, -0.2) is 43.0 Å². The van der Waals surface area contributed by atoms with Gasteiger partial charge in [-0.15, -0.1) is 0 Å². The lowest BCUT2D eigenvalue weighted by Gasteiger charge is -2.11. The van der Waals surface area contributed by atoms with Crippen molar-refractivity contribution in [2.24, 2.45) is 0 Å². The first kappa shape index (κ1) is 21.2. The second-order valence-electron chi connectivity index (χ2n) is 6.46. The number of aryl methyl sites for hydroxylation is 1. The summed E-state index contributed by atoms with van der Waals surface area (Å²) in [5.41, 5.74) is 2.19. The Morgan fingerprint density at radius 3 is 2.60 bits per heavy atom. The average molecular weight is 430 g/mol. The van der Waals surface area contributed by atoms with Gasteiger partial charge in [0.2, 0.25) is 5.91 Å². The molecule has 1 heterocycles. The molecular formula is C21H20ClN3O5. The monoisotopic (exact) mass is 429 g/mol. The summed E-state index contributed by atoms with van der Waals surface area (Å²) >= 11 is 6.19. The van der Waals surface area contributed by atoms with Crippen LogP contribution >= 0.6 is 11.6 Å². The van der Waals surface area contributed by atoms with E-state index in [-0.39, 0.29) is 17.3 Å². The summed E-state index contributed by atoms with van der Waals surface area (Å²) < 4.78 is 10.2. The number of fused-ring (bicyclic) bond motifs is 1. The zero-order valence-corrected chi connectivity index (χ0v) is 17.1.